The van der Waals surface area contributed by atoms with E-state index in [2.05, 4.69) is 10.0 Å². The minimum absolute atomic E-state index is 0.0154. The Morgan fingerprint density at radius 2 is 1.72 bits per heavy atom. The molecule has 0 unspecified atom stereocenters. The highest BCUT2D eigenvalue weighted by atomic mass is 32.2. The Hall–Kier alpha value is -2.85. The number of amides is 1. The van der Waals surface area contributed by atoms with Crippen molar-refractivity contribution >= 4 is 21.6 Å². The van der Waals surface area contributed by atoms with Crippen molar-refractivity contribution in [2.75, 3.05) is 4.72 Å². The first-order chi connectivity index (χ1) is 11.6. The molecule has 0 saturated heterocycles. The molecule has 0 aliphatic heterocycles. The monoisotopic (exact) mass is 357 g/mol. The predicted molar refractivity (Wildman–Crippen MR) is 95.6 cm³/mol. The van der Waals surface area contributed by atoms with Crippen LogP contribution in [0.1, 0.15) is 36.7 Å². The molecule has 6 nitrogen and oxygen atoms in total. The molecule has 25 heavy (non-hydrogen) atoms. The molecule has 2 N–H and O–H groups in total. The van der Waals surface area contributed by atoms with Gasteiger partial charge in [-0.1, -0.05) is 6.07 Å². The van der Waals surface area contributed by atoms with Crippen LogP contribution in [0.4, 0.5) is 5.69 Å². The number of hydrogen-bond acceptors (Lipinski definition) is 4. The molecule has 0 spiro atoms. The van der Waals surface area contributed by atoms with E-state index in [0.717, 1.165) is 0 Å². The third-order valence-electron chi connectivity index (χ3n) is 3.16. The Morgan fingerprint density at radius 3 is 2.28 bits per heavy atom. The molecule has 1 amide bonds. The maximum absolute atomic E-state index is 12.5. The molecule has 7 heteroatoms. The van der Waals surface area contributed by atoms with E-state index >= 15 is 0 Å². The fourth-order valence-electron chi connectivity index (χ4n) is 2.04. The number of carbonyl (C=O) groups is 1. The summed E-state index contributed by atoms with van der Waals surface area (Å²) < 4.78 is 27.4. The molecule has 0 bridgehead atoms. The normalized spacial score (nSPS) is 11.4. The molecule has 0 saturated carbocycles. The van der Waals surface area contributed by atoms with Gasteiger partial charge in [0.25, 0.3) is 15.9 Å². The molecule has 0 aromatic heterocycles. The minimum Gasteiger partial charge on any atom is -0.347 e. The zero-order valence-electron chi connectivity index (χ0n) is 14.2. The van der Waals surface area contributed by atoms with Crippen LogP contribution in [0.25, 0.3) is 0 Å². The van der Waals surface area contributed by atoms with Gasteiger partial charge in [0.2, 0.25) is 0 Å². The van der Waals surface area contributed by atoms with Crippen molar-refractivity contribution in [3.8, 4) is 6.07 Å². The second kappa shape index (κ2) is 6.95. The first kappa shape index (κ1) is 18.5. The summed E-state index contributed by atoms with van der Waals surface area (Å²) in [5, 5.41) is 11.6. The molecule has 2 aromatic rings. The van der Waals surface area contributed by atoms with E-state index in [9.17, 15) is 13.2 Å². The van der Waals surface area contributed by atoms with Crippen molar-refractivity contribution in [2.45, 2.75) is 31.2 Å². The number of hydrogen-bond donors (Lipinski definition) is 2. The van der Waals surface area contributed by atoms with Gasteiger partial charge in [-0.05, 0) is 63.2 Å². The van der Waals surface area contributed by atoms with E-state index in [0.29, 0.717) is 11.3 Å². The fourth-order valence-corrected chi connectivity index (χ4v) is 3.15. The lowest BCUT2D eigenvalue weighted by molar-refractivity contribution is 0.0919. The van der Waals surface area contributed by atoms with E-state index in [1.165, 1.54) is 42.5 Å². The zero-order chi connectivity index (χ0) is 18.7. The summed E-state index contributed by atoms with van der Waals surface area (Å²) in [6.45, 7) is 5.54. The van der Waals surface area contributed by atoms with Gasteiger partial charge in [0.1, 0.15) is 0 Å². The van der Waals surface area contributed by atoms with E-state index in [1.807, 2.05) is 26.8 Å². The number of anilines is 1. The number of sulfonamides is 1. The van der Waals surface area contributed by atoms with E-state index in [1.54, 1.807) is 6.07 Å². The first-order valence-electron chi connectivity index (χ1n) is 7.56. The Labute approximate surface area is 147 Å². The van der Waals surface area contributed by atoms with Crippen LogP contribution >= 0.6 is 0 Å². The van der Waals surface area contributed by atoms with Crippen molar-refractivity contribution in [3.63, 3.8) is 0 Å². The molecule has 130 valence electrons. The highest BCUT2D eigenvalue weighted by molar-refractivity contribution is 7.92. The second-order valence-electron chi connectivity index (χ2n) is 6.53. The largest absolute Gasteiger partial charge is 0.347 e. The standard InChI is InChI=1S/C18H19N3O3S/c1-18(2,3)20-17(22)14-5-4-6-16(11-14)25(23,24)21-15-9-7-13(12-19)8-10-15/h4-11,21H,1-3H3,(H,20,22). The lowest BCUT2D eigenvalue weighted by atomic mass is 10.1. The summed E-state index contributed by atoms with van der Waals surface area (Å²) in [4.78, 5) is 12.2. The minimum atomic E-state index is -3.85. The van der Waals surface area contributed by atoms with Crippen LogP contribution in [0, 0.1) is 11.3 Å². The van der Waals surface area contributed by atoms with Crippen LogP contribution in [0.3, 0.4) is 0 Å². The van der Waals surface area contributed by atoms with Gasteiger partial charge in [0.15, 0.2) is 0 Å². The summed E-state index contributed by atoms with van der Waals surface area (Å²) in [6.07, 6.45) is 0. The molecule has 0 atom stereocenters. The molecular formula is C18H19N3O3S. The Bertz CT molecular complexity index is 921. The van der Waals surface area contributed by atoms with E-state index in [4.69, 9.17) is 5.26 Å². The topological polar surface area (TPSA) is 99.1 Å². The molecule has 0 radical (unpaired) electrons. The number of nitriles is 1. The van der Waals surface area contributed by atoms with Crippen molar-refractivity contribution < 1.29 is 13.2 Å². The summed E-state index contributed by atoms with van der Waals surface area (Å²) in [5.74, 6) is -0.345. The average Bonchev–Trinajstić information content (AvgIpc) is 2.54. The Kier molecular flexibility index (Phi) is 5.14. The van der Waals surface area contributed by atoms with Crippen LogP contribution in [0.15, 0.2) is 53.4 Å². The molecule has 0 aliphatic carbocycles. The van der Waals surface area contributed by atoms with Gasteiger partial charge >= 0.3 is 0 Å². The number of nitrogens with zero attached hydrogens (tertiary/aromatic N) is 1. The van der Waals surface area contributed by atoms with Crippen LogP contribution in [0.5, 0.6) is 0 Å². The van der Waals surface area contributed by atoms with E-state index in [-0.39, 0.29) is 16.4 Å². The van der Waals surface area contributed by atoms with Gasteiger partial charge < -0.3 is 5.32 Å². The smallest absolute Gasteiger partial charge is 0.261 e. The van der Waals surface area contributed by atoms with Gasteiger partial charge in [0, 0.05) is 16.8 Å². The SMILES string of the molecule is CC(C)(C)NC(=O)c1cccc(S(=O)(=O)Nc2ccc(C#N)cc2)c1. The summed E-state index contributed by atoms with van der Waals surface area (Å²) >= 11 is 0. The van der Waals surface area contributed by atoms with Gasteiger partial charge in [0.05, 0.1) is 16.5 Å². The van der Waals surface area contributed by atoms with Gasteiger partial charge in [-0.2, -0.15) is 5.26 Å². The Morgan fingerprint density at radius 1 is 1.08 bits per heavy atom. The summed E-state index contributed by atoms with van der Waals surface area (Å²) in [7, 11) is -3.85. The molecule has 2 rings (SSSR count). The van der Waals surface area contributed by atoms with Crippen LogP contribution in [-0.2, 0) is 10.0 Å². The van der Waals surface area contributed by atoms with E-state index < -0.39 is 15.6 Å². The zero-order valence-corrected chi connectivity index (χ0v) is 15.0. The quantitative estimate of drug-likeness (QED) is 0.879. The second-order valence-corrected chi connectivity index (χ2v) is 8.21. The molecule has 0 fully saturated rings. The van der Waals surface area contributed by atoms with Crippen molar-refractivity contribution in [3.05, 3.63) is 59.7 Å². The van der Waals surface area contributed by atoms with Gasteiger partial charge in [-0.3, -0.25) is 9.52 Å². The fraction of sp³-hybridized carbons (Fsp3) is 0.222. The maximum Gasteiger partial charge on any atom is 0.261 e. The maximum atomic E-state index is 12.5. The number of benzene rings is 2. The van der Waals surface area contributed by atoms with Crippen molar-refractivity contribution in [1.29, 1.82) is 5.26 Å². The van der Waals surface area contributed by atoms with Crippen LogP contribution in [-0.4, -0.2) is 19.9 Å². The highest BCUT2D eigenvalue weighted by Gasteiger charge is 2.19. The average molecular weight is 357 g/mol. The van der Waals surface area contributed by atoms with Gasteiger partial charge in [-0.15, -0.1) is 0 Å². The highest BCUT2D eigenvalue weighted by Crippen LogP contribution is 2.18. The number of carbonyl (C=O) groups excluding carboxylic acids is 1. The lowest BCUT2D eigenvalue weighted by Gasteiger charge is -2.20. The molecular weight excluding hydrogens is 338 g/mol. The van der Waals surface area contributed by atoms with Crippen molar-refractivity contribution in [2.24, 2.45) is 0 Å². The van der Waals surface area contributed by atoms with Crippen molar-refractivity contribution in [1.82, 2.24) is 5.32 Å². The van der Waals surface area contributed by atoms with Gasteiger partial charge in [-0.25, -0.2) is 8.42 Å². The van der Waals surface area contributed by atoms with Crippen LogP contribution in [0.2, 0.25) is 0 Å². The lowest BCUT2D eigenvalue weighted by Crippen LogP contribution is -2.40. The number of rotatable bonds is 4. The molecule has 2 aromatic carbocycles. The summed E-state index contributed by atoms with van der Waals surface area (Å²) in [5.41, 5.74) is 0.608. The number of nitrogens with one attached hydrogen (secondary N) is 2. The molecule has 0 aliphatic rings. The Balaban J connectivity index is 2.26. The third kappa shape index (κ3) is 5.06. The third-order valence-corrected chi connectivity index (χ3v) is 4.54. The predicted octanol–water partition coefficient (Wildman–Crippen LogP) is 2.89. The summed E-state index contributed by atoms with van der Waals surface area (Å²) in [6, 6.07) is 13.8. The molecule has 0 heterocycles. The van der Waals surface area contributed by atoms with Crippen LogP contribution < -0.4 is 10.0 Å². The first-order valence-corrected chi connectivity index (χ1v) is 9.05.